The number of carboxylic acid groups (broad SMARTS) is 1. The van der Waals surface area contributed by atoms with Crippen molar-refractivity contribution in [2.24, 2.45) is 0 Å². The first kappa shape index (κ1) is 16.1. The molecular weight excluding hydrogens is 288 g/mol. The molecule has 1 saturated heterocycles. The van der Waals surface area contributed by atoms with Crippen LogP contribution in [-0.2, 0) is 4.74 Å². The number of hydrogen-bond donors (Lipinski definition) is 2. The molecule has 1 amide bonds. The lowest BCUT2D eigenvalue weighted by atomic mass is 10.1. The maximum atomic E-state index is 11.4. The smallest absolute Gasteiger partial charge is 0.407 e. The third kappa shape index (κ3) is 4.36. The van der Waals surface area contributed by atoms with E-state index in [1.165, 1.54) is 12.0 Å². The minimum atomic E-state index is -0.891. The third-order valence-electron chi connectivity index (χ3n) is 3.52. The van der Waals surface area contributed by atoms with Gasteiger partial charge in [-0.25, -0.2) is 9.59 Å². The van der Waals surface area contributed by atoms with E-state index in [0.29, 0.717) is 44.0 Å². The molecule has 7 heteroatoms. The van der Waals surface area contributed by atoms with Crippen LogP contribution in [0.2, 0.25) is 0 Å². The van der Waals surface area contributed by atoms with Crippen molar-refractivity contribution in [3.8, 4) is 5.75 Å². The minimum Gasteiger partial charge on any atom is -0.494 e. The fraction of sp³-hybridized carbons (Fsp3) is 0.467. The Kier molecular flexibility index (Phi) is 5.60. The molecule has 0 aliphatic carbocycles. The third-order valence-corrected chi connectivity index (χ3v) is 3.52. The molecule has 1 aliphatic heterocycles. The summed E-state index contributed by atoms with van der Waals surface area (Å²) in [5, 5.41) is 12.3. The van der Waals surface area contributed by atoms with E-state index in [4.69, 9.17) is 9.84 Å². The lowest BCUT2D eigenvalue weighted by Gasteiger charge is -2.31. The molecule has 1 fully saturated rings. The number of nitrogens with one attached hydrogen (secondary N) is 1. The second kappa shape index (κ2) is 7.65. The van der Waals surface area contributed by atoms with Crippen molar-refractivity contribution in [1.82, 2.24) is 10.2 Å². The predicted octanol–water partition coefficient (Wildman–Crippen LogP) is 1.19. The summed E-state index contributed by atoms with van der Waals surface area (Å²) in [7, 11) is 1.33. The first-order valence-corrected chi connectivity index (χ1v) is 7.12. The van der Waals surface area contributed by atoms with Crippen LogP contribution in [0.15, 0.2) is 24.3 Å². The maximum absolute atomic E-state index is 11.4. The van der Waals surface area contributed by atoms with Gasteiger partial charge in [-0.05, 0) is 24.6 Å². The predicted molar refractivity (Wildman–Crippen MR) is 79.3 cm³/mol. The van der Waals surface area contributed by atoms with Crippen LogP contribution in [0.1, 0.15) is 16.8 Å². The lowest BCUT2D eigenvalue weighted by molar-refractivity contribution is 0.0600. The Morgan fingerprint density at radius 2 is 2.27 bits per heavy atom. The van der Waals surface area contributed by atoms with E-state index < -0.39 is 12.1 Å². The van der Waals surface area contributed by atoms with E-state index >= 15 is 0 Å². The van der Waals surface area contributed by atoms with Gasteiger partial charge in [0.15, 0.2) is 0 Å². The van der Waals surface area contributed by atoms with Crippen LogP contribution < -0.4 is 10.1 Å². The van der Waals surface area contributed by atoms with E-state index in [1.807, 2.05) is 0 Å². The van der Waals surface area contributed by atoms with Gasteiger partial charge in [0.25, 0.3) is 0 Å². The van der Waals surface area contributed by atoms with Crippen molar-refractivity contribution < 1.29 is 24.2 Å². The summed E-state index contributed by atoms with van der Waals surface area (Å²) in [4.78, 5) is 23.8. The number of hydrogen-bond acceptors (Lipinski definition) is 5. The van der Waals surface area contributed by atoms with Crippen LogP contribution in [0, 0.1) is 0 Å². The fourth-order valence-electron chi connectivity index (χ4n) is 2.34. The van der Waals surface area contributed by atoms with Crippen LogP contribution in [0.5, 0.6) is 5.75 Å². The highest BCUT2D eigenvalue weighted by molar-refractivity contribution is 5.89. The molecule has 2 rings (SSSR count). The number of carbonyl (C=O) groups is 2. The van der Waals surface area contributed by atoms with E-state index in [9.17, 15) is 9.59 Å². The van der Waals surface area contributed by atoms with Crippen LogP contribution in [-0.4, -0.2) is 61.5 Å². The number of rotatable bonds is 5. The summed E-state index contributed by atoms with van der Waals surface area (Å²) in [6, 6.07) is 6.86. The Labute approximate surface area is 128 Å². The zero-order valence-corrected chi connectivity index (χ0v) is 12.4. The first-order valence-electron chi connectivity index (χ1n) is 7.12. The standard InChI is InChI=1S/C15H20N2O5/c1-21-14(18)11-3-2-4-13(9-11)22-8-5-12-10-17(15(19)20)7-6-16-12/h2-4,9,12,16H,5-8,10H2,1H3,(H,19,20)/t12-/m1/s1. The molecule has 1 aromatic carbocycles. The molecule has 1 aliphatic rings. The topological polar surface area (TPSA) is 88.1 Å². The SMILES string of the molecule is COC(=O)c1cccc(OCC[C@@H]2CN(C(=O)O)CCN2)c1. The normalized spacial score (nSPS) is 17.9. The van der Waals surface area contributed by atoms with Crippen LogP contribution in [0.25, 0.3) is 0 Å². The number of amides is 1. The van der Waals surface area contributed by atoms with Crippen LogP contribution >= 0.6 is 0 Å². The van der Waals surface area contributed by atoms with E-state index in [2.05, 4.69) is 10.1 Å². The molecule has 0 unspecified atom stereocenters. The van der Waals surface area contributed by atoms with Gasteiger partial charge >= 0.3 is 12.1 Å². The second-order valence-electron chi connectivity index (χ2n) is 5.04. The van der Waals surface area contributed by atoms with Crippen molar-refractivity contribution in [2.45, 2.75) is 12.5 Å². The van der Waals surface area contributed by atoms with Gasteiger partial charge in [-0.3, -0.25) is 0 Å². The number of carbonyl (C=O) groups excluding carboxylic acids is 1. The molecule has 0 radical (unpaired) electrons. The quantitative estimate of drug-likeness (QED) is 0.795. The Morgan fingerprint density at radius 1 is 1.45 bits per heavy atom. The summed E-state index contributed by atoms with van der Waals surface area (Å²) in [5.74, 6) is 0.185. The monoisotopic (exact) mass is 308 g/mol. The number of benzene rings is 1. The van der Waals surface area contributed by atoms with E-state index in [1.54, 1.807) is 24.3 Å². The zero-order valence-electron chi connectivity index (χ0n) is 12.4. The van der Waals surface area contributed by atoms with Gasteiger partial charge < -0.3 is 24.8 Å². The molecule has 0 bridgehead atoms. The van der Waals surface area contributed by atoms with E-state index in [-0.39, 0.29) is 6.04 Å². The Hall–Kier alpha value is -2.28. The molecule has 1 heterocycles. The largest absolute Gasteiger partial charge is 0.494 e. The van der Waals surface area contributed by atoms with Gasteiger partial charge in [0.2, 0.25) is 0 Å². The summed E-state index contributed by atoms with van der Waals surface area (Å²) >= 11 is 0. The van der Waals surface area contributed by atoms with Crippen molar-refractivity contribution >= 4 is 12.1 Å². The van der Waals surface area contributed by atoms with Gasteiger partial charge in [-0.15, -0.1) is 0 Å². The number of piperazine rings is 1. The molecule has 22 heavy (non-hydrogen) atoms. The van der Waals surface area contributed by atoms with Gasteiger partial charge in [0.05, 0.1) is 19.3 Å². The highest BCUT2D eigenvalue weighted by Gasteiger charge is 2.22. The van der Waals surface area contributed by atoms with Gasteiger partial charge in [-0.1, -0.05) is 6.07 Å². The van der Waals surface area contributed by atoms with Crippen LogP contribution in [0.3, 0.4) is 0 Å². The molecule has 0 aromatic heterocycles. The van der Waals surface area contributed by atoms with Crippen molar-refractivity contribution in [1.29, 1.82) is 0 Å². The second-order valence-corrected chi connectivity index (χ2v) is 5.04. The lowest BCUT2D eigenvalue weighted by Crippen LogP contribution is -2.52. The number of esters is 1. The van der Waals surface area contributed by atoms with Crippen molar-refractivity contribution in [3.05, 3.63) is 29.8 Å². The van der Waals surface area contributed by atoms with Gasteiger partial charge in [-0.2, -0.15) is 0 Å². The van der Waals surface area contributed by atoms with Crippen LogP contribution in [0.4, 0.5) is 4.79 Å². The molecular formula is C15H20N2O5. The molecule has 1 aromatic rings. The van der Waals surface area contributed by atoms with E-state index in [0.717, 1.165) is 0 Å². The zero-order chi connectivity index (χ0) is 15.9. The molecule has 1 atom stereocenters. The number of ether oxygens (including phenoxy) is 2. The highest BCUT2D eigenvalue weighted by Crippen LogP contribution is 2.15. The number of nitrogens with zero attached hydrogens (tertiary/aromatic N) is 1. The van der Waals surface area contributed by atoms with Gasteiger partial charge in [0, 0.05) is 25.7 Å². The fourth-order valence-corrected chi connectivity index (χ4v) is 2.34. The Balaban J connectivity index is 1.81. The average molecular weight is 308 g/mol. The van der Waals surface area contributed by atoms with Crippen molar-refractivity contribution in [3.63, 3.8) is 0 Å². The Morgan fingerprint density at radius 3 is 3.00 bits per heavy atom. The summed E-state index contributed by atoms with van der Waals surface area (Å²) in [5.41, 5.74) is 0.438. The summed E-state index contributed by atoms with van der Waals surface area (Å²) in [6.07, 6.45) is -0.204. The summed E-state index contributed by atoms with van der Waals surface area (Å²) < 4.78 is 10.3. The minimum absolute atomic E-state index is 0.0774. The molecule has 0 saturated carbocycles. The molecule has 2 N–H and O–H groups in total. The average Bonchev–Trinajstić information content (AvgIpc) is 2.54. The van der Waals surface area contributed by atoms with Crippen molar-refractivity contribution in [2.75, 3.05) is 33.4 Å². The maximum Gasteiger partial charge on any atom is 0.407 e. The highest BCUT2D eigenvalue weighted by atomic mass is 16.5. The Bertz CT molecular complexity index is 534. The molecule has 0 spiro atoms. The molecule has 120 valence electrons. The first-order chi connectivity index (χ1) is 10.6. The summed E-state index contributed by atoms with van der Waals surface area (Å²) in [6.45, 7) is 2.05. The van der Waals surface area contributed by atoms with Gasteiger partial charge in [0.1, 0.15) is 5.75 Å². The molecule has 7 nitrogen and oxygen atoms in total. The number of methoxy groups -OCH3 is 1.